The molecule has 13 heteroatoms. The zero-order chi connectivity index (χ0) is 53.4. The number of hydrogen-bond donors (Lipinski definition) is 5. The highest BCUT2D eigenvalue weighted by Crippen LogP contribution is 2.33. The minimum absolute atomic E-state index is 0.0000926. The minimum Gasteiger partial charge on any atom is -0.481 e. The molecule has 0 rings (SSSR count). The number of hydrogen-bond acceptors (Lipinski definition) is 8. The van der Waals surface area contributed by atoms with Gasteiger partial charge in [0.1, 0.15) is 17.3 Å². The molecular weight excluding hydrogens is 821 g/mol. The molecular formula is C51H98O13. The zero-order valence-electron chi connectivity index (χ0n) is 45.3. The quantitative estimate of drug-likeness (QED) is 0.109. The first kappa shape index (κ1) is 72.0. The van der Waals surface area contributed by atoms with Gasteiger partial charge >= 0.3 is 29.8 Å². The highest BCUT2D eigenvalue weighted by molar-refractivity contribution is 5.91. The molecule has 5 N–H and O–H groups in total. The van der Waals surface area contributed by atoms with Gasteiger partial charge in [0.25, 0.3) is 0 Å². The molecule has 0 aromatic heterocycles. The van der Waals surface area contributed by atoms with Crippen LogP contribution in [0.3, 0.4) is 0 Å². The summed E-state index contributed by atoms with van der Waals surface area (Å²) in [4.78, 5) is 85.4. The molecule has 0 heterocycles. The molecule has 0 saturated carbocycles. The molecule has 0 fully saturated rings. The van der Waals surface area contributed by atoms with Crippen LogP contribution in [0.5, 0.6) is 0 Å². The van der Waals surface area contributed by atoms with Gasteiger partial charge in [0, 0.05) is 41.9 Å². The summed E-state index contributed by atoms with van der Waals surface area (Å²) < 4.78 is 0. The SMILES string of the molecule is CC(=O)C(C)(C)CC(=O)C(C)(C)C.CC(C)(C)C(=O)CCC(=O)O.CC(C)(C)CC(C)(C)C(=O)O.CC(C)(C)CCC(=O)O.CC(CC(=O)O)C(C)(C)C.CC(CC(C)(C)C)C(=O)O. The molecule has 0 radical (unpaired) electrons. The van der Waals surface area contributed by atoms with Crippen molar-refractivity contribution in [3.63, 3.8) is 0 Å². The average molecular weight is 919 g/mol. The van der Waals surface area contributed by atoms with Gasteiger partial charge in [-0.05, 0) is 67.6 Å². The van der Waals surface area contributed by atoms with Gasteiger partial charge in [-0.3, -0.25) is 38.4 Å². The fourth-order valence-corrected chi connectivity index (χ4v) is 4.84. The molecule has 0 aromatic rings. The summed E-state index contributed by atoms with van der Waals surface area (Å²) >= 11 is 0. The smallest absolute Gasteiger partial charge is 0.309 e. The zero-order valence-corrected chi connectivity index (χ0v) is 45.3. The van der Waals surface area contributed by atoms with Crippen LogP contribution in [0.15, 0.2) is 0 Å². The van der Waals surface area contributed by atoms with Crippen LogP contribution in [-0.2, 0) is 38.4 Å². The lowest BCUT2D eigenvalue weighted by Crippen LogP contribution is -2.30. The van der Waals surface area contributed by atoms with Gasteiger partial charge in [0.2, 0.25) is 0 Å². The molecule has 2 unspecified atom stereocenters. The van der Waals surface area contributed by atoms with Crippen LogP contribution < -0.4 is 0 Å². The van der Waals surface area contributed by atoms with E-state index in [2.05, 4.69) is 41.5 Å². The van der Waals surface area contributed by atoms with E-state index in [0.29, 0.717) is 12.8 Å². The van der Waals surface area contributed by atoms with Gasteiger partial charge in [-0.15, -0.1) is 0 Å². The Labute approximate surface area is 389 Å². The Morgan fingerprint density at radius 2 is 0.828 bits per heavy atom. The number of rotatable bonds is 14. The van der Waals surface area contributed by atoms with Gasteiger partial charge in [0.05, 0.1) is 17.8 Å². The molecule has 0 amide bonds. The molecule has 0 aromatic carbocycles. The van der Waals surface area contributed by atoms with E-state index in [9.17, 15) is 38.4 Å². The van der Waals surface area contributed by atoms with E-state index in [1.54, 1.807) is 41.5 Å². The Morgan fingerprint density at radius 3 is 0.984 bits per heavy atom. The summed E-state index contributed by atoms with van der Waals surface area (Å²) in [5, 5.41) is 42.3. The van der Waals surface area contributed by atoms with Crippen LogP contribution in [0, 0.1) is 55.2 Å². The fourth-order valence-electron chi connectivity index (χ4n) is 4.84. The Bertz CT molecular complexity index is 1440. The van der Waals surface area contributed by atoms with Crippen LogP contribution in [0.25, 0.3) is 0 Å². The third kappa shape index (κ3) is 51.0. The first-order chi connectivity index (χ1) is 27.6. The van der Waals surface area contributed by atoms with E-state index in [4.69, 9.17) is 25.5 Å². The highest BCUT2D eigenvalue weighted by atomic mass is 16.4. The molecule has 0 aliphatic carbocycles. The maximum absolute atomic E-state index is 11.6. The lowest BCUT2D eigenvalue weighted by atomic mass is 9.76. The van der Waals surface area contributed by atoms with Gasteiger partial charge in [0.15, 0.2) is 0 Å². The second-order valence-corrected chi connectivity index (χ2v) is 25.1. The number of carboxylic acid groups (broad SMARTS) is 5. The number of aliphatic carboxylic acids is 5. The first-order valence-electron chi connectivity index (χ1n) is 22.3. The predicted octanol–water partition coefficient (Wildman–Crippen LogP) is 12.8. The number of carbonyl (C=O) groups excluding carboxylic acids is 3. The predicted molar refractivity (Wildman–Crippen MR) is 258 cm³/mol. The standard InChI is InChI=1S/C11H20O2.C9H18O2.C8H14O3.2C8H16O2.C7H14O2/c1-8(12)11(5,6)7-9(13)10(2,3)4;1-8(2,3)6-9(4,5)7(10)11;1-8(2,3)6(9)4-5-7(10)11;1-6(7(9)10)5-8(2,3)4;1-6(5-7(9)10)8(2,3)4;1-7(2,3)5-4-6(8)9/h7H2,1-6H3;6H2,1-5H3,(H,10,11);4-5H2,1-3H3,(H,10,11);2*6H,5H2,1-4H3,(H,9,10);4-5H2,1-3H3,(H,8,9). The molecule has 0 aliphatic rings. The Morgan fingerprint density at radius 1 is 0.453 bits per heavy atom. The van der Waals surface area contributed by atoms with Crippen molar-refractivity contribution in [1.29, 1.82) is 0 Å². The van der Waals surface area contributed by atoms with Crippen LogP contribution in [0.4, 0.5) is 0 Å². The maximum atomic E-state index is 11.6. The van der Waals surface area contributed by atoms with Gasteiger partial charge in [-0.2, -0.15) is 0 Å². The Hall–Kier alpha value is -3.64. The summed E-state index contributed by atoms with van der Waals surface area (Å²) in [5.41, 5.74) is -1.39. The average Bonchev–Trinajstić information content (AvgIpc) is 3.00. The van der Waals surface area contributed by atoms with Crippen molar-refractivity contribution in [2.75, 3.05) is 0 Å². The lowest BCUT2D eigenvalue weighted by Gasteiger charge is -2.28. The molecule has 0 bridgehead atoms. The number of carbonyl (C=O) groups is 8. The molecule has 380 valence electrons. The van der Waals surface area contributed by atoms with Crippen molar-refractivity contribution in [1.82, 2.24) is 0 Å². The summed E-state index contributed by atoms with van der Waals surface area (Å²) in [6.45, 7) is 48.0. The lowest BCUT2D eigenvalue weighted by molar-refractivity contribution is -0.148. The van der Waals surface area contributed by atoms with Gasteiger partial charge in [-0.25, -0.2) is 0 Å². The van der Waals surface area contributed by atoms with Crippen LogP contribution in [0.2, 0.25) is 0 Å². The van der Waals surface area contributed by atoms with E-state index >= 15 is 0 Å². The van der Waals surface area contributed by atoms with E-state index < -0.39 is 46.1 Å². The second-order valence-electron chi connectivity index (χ2n) is 25.1. The van der Waals surface area contributed by atoms with E-state index in [1.165, 1.54) is 6.92 Å². The monoisotopic (exact) mass is 919 g/mol. The molecule has 2 atom stereocenters. The normalized spacial score (nSPS) is 13.0. The number of ketones is 3. The Kier molecular flexibility index (Phi) is 33.5. The van der Waals surface area contributed by atoms with Crippen molar-refractivity contribution < 1.29 is 63.9 Å². The van der Waals surface area contributed by atoms with Crippen molar-refractivity contribution in [3.05, 3.63) is 0 Å². The maximum Gasteiger partial charge on any atom is 0.309 e. The van der Waals surface area contributed by atoms with Crippen molar-refractivity contribution in [2.45, 2.75) is 224 Å². The van der Waals surface area contributed by atoms with Crippen LogP contribution in [-0.4, -0.2) is 72.7 Å². The van der Waals surface area contributed by atoms with Crippen molar-refractivity contribution in [3.8, 4) is 0 Å². The number of carboxylic acids is 5. The second kappa shape index (κ2) is 29.8. The van der Waals surface area contributed by atoms with E-state index in [-0.39, 0.29) is 81.9 Å². The van der Waals surface area contributed by atoms with Crippen molar-refractivity contribution >= 4 is 47.2 Å². The summed E-state index contributed by atoms with van der Waals surface area (Å²) in [6, 6.07) is 0. The van der Waals surface area contributed by atoms with E-state index in [1.807, 2.05) is 83.1 Å². The summed E-state index contributed by atoms with van der Waals surface area (Å²) in [7, 11) is 0. The summed E-state index contributed by atoms with van der Waals surface area (Å²) in [6.07, 6.45) is 3.16. The molecule has 0 saturated heterocycles. The van der Waals surface area contributed by atoms with Gasteiger partial charge in [-0.1, -0.05) is 152 Å². The van der Waals surface area contributed by atoms with Gasteiger partial charge < -0.3 is 25.5 Å². The molecule has 0 aliphatic heterocycles. The minimum atomic E-state index is -0.914. The van der Waals surface area contributed by atoms with Crippen LogP contribution >= 0.6 is 0 Å². The van der Waals surface area contributed by atoms with Crippen LogP contribution in [0.1, 0.15) is 224 Å². The Balaban J connectivity index is -0.000000158. The molecule has 64 heavy (non-hydrogen) atoms. The summed E-state index contributed by atoms with van der Waals surface area (Å²) in [5.74, 6) is -3.50. The topological polar surface area (TPSA) is 238 Å². The third-order valence-electron chi connectivity index (χ3n) is 9.73. The van der Waals surface area contributed by atoms with E-state index in [0.717, 1.165) is 12.8 Å². The van der Waals surface area contributed by atoms with Crippen molar-refractivity contribution in [2.24, 2.45) is 55.2 Å². The number of Topliss-reactive ketones (excluding diaryl/α,β-unsaturated/α-hetero) is 3. The largest absolute Gasteiger partial charge is 0.481 e. The molecule has 13 nitrogen and oxygen atoms in total. The third-order valence-corrected chi connectivity index (χ3v) is 9.73. The first-order valence-corrected chi connectivity index (χ1v) is 22.3. The highest BCUT2D eigenvalue weighted by Gasteiger charge is 2.33. The fraction of sp³-hybridized carbons (Fsp3) is 0.843. The molecule has 0 spiro atoms.